The number of anilines is 1. The van der Waals surface area contributed by atoms with Crippen molar-refractivity contribution >= 4 is 21.6 Å². The molecule has 0 heterocycles. The van der Waals surface area contributed by atoms with Crippen LogP contribution in [0.2, 0.25) is 0 Å². The van der Waals surface area contributed by atoms with E-state index < -0.39 is 21.7 Å². The van der Waals surface area contributed by atoms with Gasteiger partial charge in [-0.1, -0.05) is 6.08 Å². The van der Waals surface area contributed by atoms with Crippen LogP contribution < -0.4 is 10.0 Å². The Labute approximate surface area is 133 Å². The Morgan fingerprint density at radius 2 is 1.70 bits per heavy atom. The molecule has 0 saturated carbocycles. The minimum Gasteiger partial charge on any atom is -0.322 e. The number of amides is 1. The number of nitrogens with one attached hydrogen (secondary N) is 2. The third-order valence-corrected chi connectivity index (χ3v) is 4.39. The number of carbonyl (C=O) groups is 1. The molecule has 23 heavy (non-hydrogen) atoms. The molecule has 1 amide bonds. The lowest BCUT2D eigenvalue weighted by Gasteiger charge is -2.08. The second kappa shape index (κ2) is 7.17. The second-order valence-corrected chi connectivity index (χ2v) is 6.39. The molecule has 0 fully saturated rings. The Morgan fingerprint density at radius 3 is 2.26 bits per heavy atom. The Bertz CT molecular complexity index is 800. The molecule has 2 N–H and O–H groups in total. The van der Waals surface area contributed by atoms with Gasteiger partial charge < -0.3 is 5.32 Å². The lowest BCUT2D eigenvalue weighted by atomic mass is 10.2. The number of benzene rings is 2. The van der Waals surface area contributed by atoms with Gasteiger partial charge in [0.25, 0.3) is 5.91 Å². The summed E-state index contributed by atoms with van der Waals surface area (Å²) < 4.78 is 39.0. The van der Waals surface area contributed by atoms with E-state index in [1.165, 1.54) is 54.6 Å². The van der Waals surface area contributed by atoms with E-state index in [1.54, 1.807) is 0 Å². The van der Waals surface area contributed by atoms with E-state index in [0.29, 0.717) is 11.3 Å². The molecule has 2 rings (SSSR count). The molecule has 0 aliphatic rings. The standard InChI is InChI=1S/C16H15FN2O3S/c1-2-11-18-23(21,22)15-9-7-14(8-10-15)19-16(20)12-3-5-13(17)6-4-12/h2-10,18H,1,11H2,(H,19,20). The highest BCUT2D eigenvalue weighted by atomic mass is 32.2. The lowest BCUT2D eigenvalue weighted by molar-refractivity contribution is 0.102. The first-order valence-electron chi connectivity index (χ1n) is 6.70. The third-order valence-electron chi connectivity index (χ3n) is 2.95. The van der Waals surface area contributed by atoms with E-state index in [-0.39, 0.29) is 11.4 Å². The van der Waals surface area contributed by atoms with E-state index in [2.05, 4.69) is 16.6 Å². The summed E-state index contributed by atoms with van der Waals surface area (Å²) in [6.45, 7) is 3.57. The van der Waals surface area contributed by atoms with Crippen molar-refractivity contribution in [1.82, 2.24) is 4.72 Å². The van der Waals surface area contributed by atoms with Crippen molar-refractivity contribution in [2.24, 2.45) is 0 Å². The fraction of sp³-hybridized carbons (Fsp3) is 0.0625. The van der Waals surface area contributed by atoms with Gasteiger partial charge in [-0.25, -0.2) is 17.5 Å². The van der Waals surface area contributed by atoms with Crippen molar-refractivity contribution < 1.29 is 17.6 Å². The molecular weight excluding hydrogens is 319 g/mol. The average molecular weight is 334 g/mol. The van der Waals surface area contributed by atoms with Crippen molar-refractivity contribution in [3.63, 3.8) is 0 Å². The number of rotatable bonds is 6. The smallest absolute Gasteiger partial charge is 0.255 e. The summed E-state index contributed by atoms with van der Waals surface area (Å²) in [6, 6.07) is 10.8. The van der Waals surface area contributed by atoms with Crippen molar-refractivity contribution in [1.29, 1.82) is 0 Å². The van der Waals surface area contributed by atoms with Gasteiger partial charge in [-0.2, -0.15) is 0 Å². The van der Waals surface area contributed by atoms with E-state index in [0.717, 1.165) is 0 Å². The van der Waals surface area contributed by atoms with E-state index >= 15 is 0 Å². The quantitative estimate of drug-likeness (QED) is 0.797. The fourth-order valence-electron chi connectivity index (χ4n) is 1.77. The van der Waals surface area contributed by atoms with Crippen LogP contribution in [0.4, 0.5) is 10.1 Å². The van der Waals surface area contributed by atoms with E-state index in [9.17, 15) is 17.6 Å². The molecule has 0 aliphatic heterocycles. The SMILES string of the molecule is C=CCNS(=O)(=O)c1ccc(NC(=O)c2ccc(F)cc2)cc1. The Kier molecular flexibility index (Phi) is 5.25. The van der Waals surface area contributed by atoms with Crippen LogP contribution in [0.25, 0.3) is 0 Å². The normalized spacial score (nSPS) is 11.0. The molecule has 0 saturated heterocycles. The van der Waals surface area contributed by atoms with Crippen LogP contribution in [0.1, 0.15) is 10.4 Å². The summed E-state index contributed by atoms with van der Waals surface area (Å²) in [5, 5.41) is 2.61. The minimum atomic E-state index is -3.60. The van der Waals surface area contributed by atoms with E-state index in [4.69, 9.17) is 0 Å². The predicted molar refractivity (Wildman–Crippen MR) is 86.2 cm³/mol. The Hall–Kier alpha value is -2.51. The van der Waals surface area contributed by atoms with Gasteiger partial charge in [-0.05, 0) is 48.5 Å². The van der Waals surface area contributed by atoms with Crippen LogP contribution in [0.3, 0.4) is 0 Å². The first-order valence-corrected chi connectivity index (χ1v) is 8.18. The second-order valence-electron chi connectivity index (χ2n) is 4.63. The lowest BCUT2D eigenvalue weighted by Crippen LogP contribution is -2.23. The van der Waals surface area contributed by atoms with Gasteiger partial charge in [0, 0.05) is 17.8 Å². The monoisotopic (exact) mass is 334 g/mol. The molecule has 0 aliphatic carbocycles. The summed E-state index contributed by atoms with van der Waals surface area (Å²) >= 11 is 0. The summed E-state index contributed by atoms with van der Waals surface area (Å²) in [6.07, 6.45) is 1.44. The largest absolute Gasteiger partial charge is 0.322 e. The Morgan fingerprint density at radius 1 is 1.09 bits per heavy atom. The third kappa shape index (κ3) is 4.48. The molecule has 0 aromatic heterocycles. The minimum absolute atomic E-state index is 0.0825. The summed E-state index contributed by atoms with van der Waals surface area (Å²) in [5.74, 6) is -0.839. The molecular formula is C16H15FN2O3S. The first kappa shape index (κ1) is 16.9. The molecule has 2 aromatic rings. The molecule has 120 valence electrons. The zero-order chi connectivity index (χ0) is 16.9. The van der Waals surface area contributed by atoms with Gasteiger partial charge in [0.2, 0.25) is 10.0 Å². The van der Waals surface area contributed by atoms with Crippen LogP contribution in [-0.2, 0) is 10.0 Å². The summed E-state index contributed by atoms with van der Waals surface area (Å²) in [7, 11) is -3.60. The van der Waals surface area contributed by atoms with Gasteiger partial charge in [-0.15, -0.1) is 6.58 Å². The molecule has 2 aromatic carbocycles. The maximum Gasteiger partial charge on any atom is 0.255 e. The number of hydrogen-bond donors (Lipinski definition) is 2. The molecule has 0 radical (unpaired) electrons. The van der Waals surface area contributed by atoms with Crippen molar-refractivity contribution in [3.05, 3.63) is 72.6 Å². The molecule has 0 unspecified atom stereocenters. The van der Waals surface area contributed by atoms with Gasteiger partial charge in [-0.3, -0.25) is 4.79 Å². The highest BCUT2D eigenvalue weighted by Gasteiger charge is 2.13. The first-order chi connectivity index (χ1) is 10.9. The summed E-state index contributed by atoms with van der Waals surface area (Å²) in [5.41, 5.74) is 0.734. The van der Waals surface area contributed by atoms with Crippen LogP contribution in [0.5, 0.6) is 0 Å². The van der Waals surface area contributed by atoms with Crippen LogP contribution in [0.15, 0.2) is 66.1 Å². The van der Waals surface area contributed by atoms with Gasteiger partial charge in [0.15, 0.2) is 0 Å². The van der Waals surface area contributed by atoms with Crippen LogP contribution >= 0.6 is 0 Å². The number of hydrogen-bond acceptors (Lipinski definition) is 3. The maximum atomic E-state index is 12.8. The van der Waals surface area contributed by atoms with Crippen molar-refractivity contribution in [3.8, 4) is 0 Å². The molecule has 0 spiro atoms. The zero-order valence-corrected chi connectivity index (χ0v) is 12.9. The number of carbonyl (C=O) groups excluding carboxylic acids is 1. The maximum absolute atomic E-state index is 12.8. The van der Waals surface area contributed by atoms with Gasteiger partial charge >= 0.3 is 0 Å². The molecule has 7 heteroatoms. The average Bonchev–Trinajstić information content (AvgIpc) is 2.54. The van der Waals surface area contributed by atoms with Crippen molar-refractivity contribution in [2.45, 2.75) is 4.90 Å². The molecule has 0 atom stereocenters. The van der Waals surface area contributed by atoms with Crippen molar-refractivity contribution in [2.75, 3.05) is 11.9 Å². The summed E-state index contributed by atoms with van der Waals surface area (Å²) in [4.78, 5) is 12.1. The van der Waals surface area contributed by atoms with Crippen LogP contribution in [-0.4, -0.2) is 20.9 Å². The zero-order valence-electron chi connectivity index (χ0n) is 12.1. The van der Waals surface area contributed by atoms with Gasteiger partial charge in [0.1, 0.15) is 5.82 Å². The fourth-order valence-corrected chi connectivity index (χ4v) is 2.77. The highest BCUT2D eigenvalue weighted by Crippen LogP contribution is 2.15. The molecule has 0 bridgehead atoms. The topological polar surface area (TPSA) is 75.3 Å². The number of sulfonamides is 1. The Balaban J connectivity index is 2.09. The van der Waals surface area contributed by atoms with Crippen LogP contribution in [0, 0.1) is 5.82 Å². The van der Waals surface area contributed by atoms with E-state index in [1.807, 2.05) is 0 Å². The number of halogens is 1. The highest BCUT2D eigenvalue weighted by molar-refractivity contribution is 7.89. The van der Waals surface area contributed by atoms with Gasteiger partial charge in [0.05, 0.1) is 4.90 Å². The predicted octanol–water partition coefficient (Wildman–Crippen LogP) is 2.54. The molecule has 5 nitrogen and oxygen atoms in total.